The van der Waals surface area contributed by atoms with E-state index in [0.717, 1.165) is 6.54 Å². The van der Waals surface area contributed by atoms with E-state index < -0.39 is 0 Å². The van der Waals surface area contributed by atoms with Crippen LogP contribution in [0.4, 0.5) is 11.5 Å². The molecule has 6 nitrogen and oxygen atoms in total. The molecule has 1 atom stereocenters. The third-order valence-corrected chi connectivity index (χ3v) is 4.70. The van der Waals surface area contributed by atoms with Gasteiger partial charge in [0.25, 0.3) is 0 Å². The number of aryl methyl sites for hydroxylation is 1. The van der Waals surface area contributed by atoms with Crippen LogP contribution in [0.2, 0.25) is 0 Å². The number of hydrogen-bond donors (Lipinski definition) is 1. The number of hydrogen-bond acceptors (Lipinski definition) is 5. The summed E-state index contributed by atoms with van der Waals surface area (Å²) in [6.45, 7) is 4.61. The Balaban J connectivity index is 2.20. The quantitative estimate of drug-likeness (QED) is 0.665. The lowest BCUT2D eigenvalue weighted by atomic mass is 10.1. The van der Waals surface area contributed by atoms with Crippen LogP contribution in [-0.4, -0.2) is 32.3 Å². The molecule has 1 saturated heterocycles. The summed E-state index contributed by atoms with van der Waals surface area (Å²) in [5, 5.41) is 19.3. The van der Waals surface area contributed by atoms with Crippen molar-refractivity contribution in [3.8, 4) is 0 Å². The van der Waals surface area contributed by atoms with Gasteiger partial charge in [0.05, 0.1) is 4.92 Å². The van der Waals surface area contributed by atoms with Crippen molar-refractivity contribution >= 4 is 23.3 Å². The third-order valence-electron chi connectivity index (χ3n) is 3.30. The predicted octanol–water partition coefficient (Wildman–Crippen LogP) is 2.76. The molecular formula is C12H20N4O2S. The molecule has 0 aromatic carbocycles. The summed E-state index contributed by atoms with van der Waals surface area (Å²) in [6, 6.07) is 0. The topological polar surface area (TPSA) is 73.0 Å². The number of anilines is 1. The zero-order valence-electron chi connectivity index (χ0n) is 11.5. The van der Waals surface area contributed by atoms with Gasteiger partial charge >= 0.3 is 5.69 Å². The standard InChI is InChI=1S/C12H20N4O2S/c1-8(2)10-11(16(17)18)12(15(3)14-10)13-7-9-5-4-6-19-9/h8-9,13H,4-7H2,1-3H3. The van der Waals surface area contributed by atoms with Crippen molar-refractivity contribution in [1.29, 1.82) is 0 Å². The molecule has 2 heterocycles. The SMILES string of the molecule is CC(C)c1nn(C)c(NCC2CCCS2)c1[N+](=O)[O-]. The zero-order valence-corrected chi connectivity index (χ0v) is 12.4. The molecule has 0 bridgehead atoms. The first-order valence-corrected chi connectivity index (χ1v) is 7.62. The monoisotopic (exact) mass is 284 g/mol. The van der Waals surface area contributed by atoms with Crippen LogP contribution in [0.5, 0.6) is 0 Å². The summed E-state index contributed by atoms with van der Waals surface area (Å²) in [6.07, 6.45) is 2.42. The molecule has 0 amide bonds. The lowest BCUT2D eigenvalue weighted by Gasteiger charge is -2.10. The maximum Gasteiger partial charge on any atom is 0.334 e. The maximum absolute atomic E-state index is 11.3. The number of rotatable bonds is 5. The molecule has 1 unspecified atom stereocenters. The van der Waals surface area contributed by atoms with Gasteiger partial charge in [-0.25, -0.2) is 4.68 Å². The van der Waals surface area contributed by atoms with Crippen molar-refractivity contribution in [2.45, 2.75) is 37.9 Å². The molecule has 106 valence electrons. The van der Waals surface area contributed by atoms with E-state index in [4.69, 9.17) is 0 Å². The summed E-state index contributed by atoms with van der Waals surface area (Å²) >= 11 is 1.93. The highest BCUT2D eigenvalue weighted by atomic mass is 32.2. The van der Waals surface area contributed by atoms with Crippen LogP contribution in [0, 0.1) is 10.1 Å². The number of nitrogens with zero attached hydrogens (tertiary/aromatic N) is 3. The van der Waals surface area contributed by atoms with Crippen molar-refractivity contribution in [1.82, 2.24) is 9.78 Å². The fourth-order valence-electron chi connectivity index (χ4n) is 2.32. The van der Waals surface area contributed by atoms with E-state index in [-0.39, 0.29) is 16.5 Å². The van der Waals surface area contributed by atoms with Crippen LogP contribution in [0.25, 0.3) is 0 Å². The highest BCUT2D eigenvalue weighted by molar-refractivity contribution is 8.00. The molecule has 1 aliphatic rings. The highest BCUT2D eigenvalue weighted by Gasteiger charge is 2.29. The number of nitro groups is 1. The molecule has 19 heavy (non-hydrogen) atoms. The minimum absolute atomic E-state index is 0.0444. The first-order chi connectivity index (χ1) is 9.00. The Morgan fingerprint density at radius 3 is 2.89 bits per heavy atom. The van der Waals surface area contributed by atoms with Crippen molar-refractivity contribution in [2.24, 2.45) is 7.05 Å². The molecule has 2 rings (SSSR count). The Morgan fingerprint density at radius 1 is 1.63 bits per heavy atom. The summed E-state index contributed by atoms with van der Waals surface area (Å²) in [4.78, 5) is 10.9. The second-order valence-electron chi connectivity index (χ2n) is 5.13. The van der Waals surface area contributed by atoms with Gasteiger partial charge in [-0.05, 0) is 18.6 Å². The van der Waals surface area contributed by atoms with Gasteiger partial charge in [-0.1, -0.05) is 13.8 Å². The van der Waals surface area contributed by atoms with Crippen molar-refractivity contribution in [2.75, 3.05) is 17.6 Å². The van der Waals surface area contributed by atoms with E-state index in [0.29, 0.717) is 16.8 Å². The molecule has 0 radical (unpaired) electrons. The van der Waals surface area contributed by atoms with Gasteiger partial charge in [0.15, 0.2) is 0 Å². The van der Waals surface area contributed by atoms with Crippen LogP contribution >= 0.6 is 11.8 Å². The number of nitrogens with one attached hydrogen (secondary N) is 1. The van der Waals surface area contributed by atoms with Crippen LogP contribution in [-0.2, 0) is 7.05 Å². The second-order valence-corrected chi connectivity index (χ2v) is 6.54. The van der Waals surface area contributed by atoms with Crippen LogP contribution < -0.4 is 5.32 Å². The molecule has 0 saturated carbocycles. The highest BCUT2D eigenvalue weighted by Crippen LogP contribution is 2.33. The van der Waals surface area contributed by atoms with E-state index in [9.17, 15) is 10.1 Å². The Bertz CT molecular complexity index is 467. The van der Waals surface area contributed by atoms with Crippen LogP contribution in [0.15, 0.2) is 0 Å². The molecule has 7 heteroatoms. The van der Waals surface area contributed by atoms with E-state index >= 15 is 0 Å². The zero-order chi connectivity index (χ0) is 14.0. The lowest BCUT2D eigenvalue weighted by Crippen LogP contribution is -2.16. The van der Waals surface area contributed by atoms with Gasteiger partial charge in [-0.2, -0.15) is 16.9 Å². The molecule has 0 aliphatic carbocycles. The van der Waals surface area contributed by atoms with Crippen molar-refractivity contribution in [3.05, 3.63) is 15.8 Å². The molecule has 1 N–H and O–H groups in total. The molecular weight excluding hydrogens is 264 g/mol. The molecule has 1 aromatic rings. The average Bonchev–Trinajstić information content (AvgIpc) is 2.93. The van der Waals surface area contributed by atoms with Gasteiger partial charge in [-0.3, -0.25) is 10.1 Å². The Labute approximate surface area is 117 Å². The minimum atomic E-state index is -0.327. The summed E-state index contributed by atoms with van der Waals surface area (Å²) in [5.41, 5.74) is 0.676. The Kier molecular flexibility index (Phi) is 4.34. The third kappa shape index (κ3) is 3.02. The number of thioether (sulfide) groups is 1. The second kappa shape index (κ2) is 5.81. The fourth-order valence-corrected chi connectivity index (χ4v) is 3.52. The van der Waals surface area contributed by atoms with Crippen LogP contribution in [0.3, 0.4) is 0 Å². The van der Waals surface area contributed by atoms with Gasteiger partial charge in [0.1, 0.15) is 5.69 Å². The van der Waals surface area contributed by atoms with E-state index in [1.807, 2.05) is 25.6 Å². The summed E-state index contributed by atoms with van der Waals surface area (Å²) < 4.78 is 1.59. The van der Waals surface area contributed by atoms with Gasteiger partial charge < -0.3 is 5.32 Å². The normalized spacial score (nSPS) is 19.1. The average molecular weight is 284 g/mol. The Morgan fingerprint density at radius 2 is 2.37 bits per heavy atom. The lowest BCUT2D eigenvalue weighted by molar-refractivity contribution is -0.384. The first-order valence-electron chi connectivity index (χ1n) is 6.57. The number of aromatic nitrogens is 2. The van der Waals surface area contributed by atoms with Gasteiger partial charge in [0, 0.05) is 24.8 Å². The molecule has 0 spiro atoms. The maximum atomic E-state index is 11.3. The largest absolute Gasteiger partial charge is 0.363 e. The minimum Gasteiger partial charge on any atom is -0.363 e. The summed E-state index contributed by atoms with van der Waals surface area (Å²) in [5.74, 6) is 1.76. The molecule has 1 fully saturated rings. The van der Waals surface area contributed by atoms with Crippen molar-refractivity contribution in [3.63, 3.8) is 0 Å². The first kappa shape index (κ1) is 14.2. The molecule has 1 aromatic heterocycles. The molecule has 1 aliphatic heterocycles. The Hall–Kier alpha value is -1.24. The summed E-state index contributed by atoms with van der Waals surface area (Å²) in [7, 11) is 1.75. The fraction of sp³-hybridized carbons (Fsp3) is 0.750. The predicted molar refractivity (Wildman–Crippen MR) is 77.9 cm³/mol. The van der Waals surface area contributed by atoms with Gasteiger partial charge in [-0.15, -0.1) is 0 Å². The smallest absolute Gasteiger partial charge is 0.334 e. The van der Waals surface area contributed by atoms with Crippen molar-refractivity contribution < 1.29 is 4.92 Å². The van der Waals surface area contributed by atoms with Crippen LogP contribution in [0.1, 0.15) is 38.3 Å². The van der Waals surface area contributed by atoms with Gasteiger partial charge in [0.2, 0.25) is 5.82 Å². The van der Waals surface area contributed by atoms with E-state index in [1.165, 1.54) is 18.6 Å². The van der Waals surface area contributed by atoms with E-state index in [2.05, 4.69) is 10.4 Å². The van der Waals surface area contributed by atoms with E-state index in [1.54, 1.807) is 11.7 Å².